The first kappa shape index (κ1) is 10.7. The average molecular weight is 210 g/mol. The standard InChI is InChI=1S/C12H18O3/c1-2-15-10(14)12-6-3-11(9-13,4-7-12)5-8-12/h9H,2-8H2,1H3. The van der Waals surface area contributed by atoms with E-state index in [0.717, 1.165) is 44.8 Å². The van der Waals surface area contributed by atoms with Gasteiger partial charge in [0.05, 0.1) is 12.0 Å². The Labute approximate surface area is 90.2 Å². The summed E-state index contributed by atoms with van der Waals surface area (Å²) in [6.45, 7) is 2.30. The molecule has 3 nitrogen and oxygen atoms in total. The van der Waals surface area contributed by atoms with Crippen molar-refractivity contribution in [1.82, 2.24) is 0 Å². The second-order valence-corrected chi connectivity index (χ2v) is 4.98. The number of hydrogen-bond acceptors (Lipinski definition) is 3. The highest BCUT2D eigenvalue weighted by molar-refractivity contribution is 5.78. The zero-order valence-corrected chi connectivity index (χ0v) is 9.25. The Morgan fingerprint density at radius 3 is 2.13 bits per heavy atom. The molecular weight excluding hydrogens is 192 g/mol. The van der Waals surface area contributed by atoms with E-state index in [2.05, 4.69) is 0 Å². The summed E-state index contributed by atoms with van der Waals surface area (Å²) >= 11 is 0. The van der Waals surface area contributed by atoms with Crippen LogP contribution in [0.1, 0.15) is 45.4 Å². The third-order valence-corrected chi connectivity index (χ3v) is 4.26. The highest BCUT2D eigenvalue weighted by atomic mass is 16.5. The maximum absolute atomic E-state index is 11.9. The molecule has 0 N–H and O–H groups in total. The molecule has 3 rings (SSSR count). The van der Waals surface area contributed by atoms with Crippen molar-refractivity contribution < 1.29 is 14.3 Å². The Balaban J connectivity index is 2.09. The highest BCUT2D eigenvalue weighted by Gasteiger charge is 2.53. The molecule has 0 atom stereocenters. The molecule has 3 saturated carbocycles. The van der Waals surface area contributed by atoms with Crippen LogP contribution in [0.5, 0.6) is 0 Å². The van der Waals surface area contributed by atoms with Gasteiger partial charge in [0.25, 0.3) is 0 Å². The molecule has 0 aliphatic heterocycles. The lowest BCUT2D eigenvalue weighted by Crippen LogP contribution is -2.47. The van der Waals surface area contributed by atoms with E-state index in [0.29, 0.717) is 6.61 Å². The first-order valence-corrected chi connectivity index (χ1v) is 5.80. The van der Waals surface area contributed by atoms with Crippen LogP contribution >= 0.6 is 0 Å². The second-order valence-electron chi connectivity index (χ2n) is 4.98. The van der Waals surface area contributed by atoms with Crippen LogP contribution in [0.3, 0.4) is 0 Å². The number of hydrogen-bond donors (Lipinski definition) is 0. The Morgan fingerprint density at radius 1 is 1.20 bits per heavy atom. The molecule has 0 aromatic rings. The van der Waals surface area contributed by atoms with Crippen LogP contribution in [-0.4, -0.2) is 18.9 Å². The van der Waals surface area contributed by atoms with Gasteiger partial charge in [-0.25, -0.2) is 0 Å². The van der Waals surface area contributed by atoms with Gasteiger partial charge in [0.1, 0.15) is 6.29 Å². The normalized spacial score (nSPS) is 38.7. The van der Waals surface area contributed by atoms with Gasteiger partial charge in [-0.05, 0) is 45.4 Å². The molecule has 3 aliphatic rings. The number of carbonyl (C=O) groups is 2. The summed E-state index contributed by atoms with van der Waals surface area (Å²) < 4.78 is 5.14. The molecule has 2 bridgehead atoms. The fourth-order valence-electron chi connectivity index (χ4n) is 2.98. The summed E-state index contributed by atoms with van der Waals surface area (Å²) in [6, 6.07) is 0. The number of fused-ring (bicyclic) bond motifs is 3. The zero-order chi connectivity index (χ0) is 10.9. The molecule has 0 unspecified atom stereocenters. The summed E-state index contributed by atoms with van der Waals surface area (Å²) in [5, 5.41) is 0. The Bertz CT molecular complexity index is 258. The highest BCUT2D eigenvalue weighted by Crippen LogP contribution is 2.56. The lowest BCUT2D eigenvalue weighted by Gasteiger charge is -2.49. The van der Waals surface area contributed by atoms with Gasteiger partial charge in [-0.2, -0.15) is 0 Å². The number of ether oxygens (including phenoxy) is 1. The van der Waals surface area contributed by atoms with Gasteiger partial charge in [0.15, 0.2) is 0 Å². The first-order valence-electron chi connectivity index (χ1n) is 5.80. The van der Waals surface area contributed by atoms with Gasteiger partial charge < -0.3 is 9.53 Å². The predicted octanol–water partition coefficient (Wildman–Crippen LogP) is 2.09. The van der Waals surface area contributed by atoms with Crippen LogP contribution in [0, 0.1) is 10.8 Å². The van der Waals surface area contributed by atoms with E-state index >= 15 is 0 Å². The molecule has 0 aromatic carbocycles. The summed E-state index contributed by atoms with van der Waals surface area (Å²) in [5.41, 5.74) is -0.352. The van der Waals surface area contributed by atoms with Crippen molar-refractivity contribution in [3.63, 3.8) is 0 Å². The molecule has 15 heavy (non-hydrogen) atoms. The van der Waals surface area contributed by atoms with Crippen LogP contribution in [0.15, 0.2) is 0 Å². The van der Waals surface area contributed by atoms with Gasteiger partial charge >= 0.3 is 5.97 Å². The van der Waals surface area contributed by atoms with Crippen LogP contribution in [0.2, 0.25) is 0 Å². The summed E-state index contributed by atoms with van der Waals surface area (Å²) in [6.07, 6.45) is 6.24. The third kappa shape index (κ3) is 1.58. The van der Waals surface area contributed by atoms with Gasteiger partial charge in [-0.1, -0.05) is 0 Å². The molecule has 84 valence electrons. The summed E-state index contributed by atoms with van der Waals surface area (Å²) in [5.74, 6) is -0.0378. The Kier molecular flexibility index (Phi) is 2.57. The topological polar surface area (TPSA) is 43.4 Å². The maximum atomic E-state index is 11.9. The van der Waals surface area contributed by atoms with Crippen molar-refractivity contribution in [3.8, 4) is 0 Å². The lowest BCUT2D eigenvalue weighted by atomic mass is 9.54. The number of carbonyl (C=O) groups excluding carboxylic acids is 2. The molecular formula is C12H18O3. The SMILES string of the molecule is CCOC(=O)C12CCC(C=O)(CC1)CC2. The van der Waals surface area contributed by atoms with Crippen molar-refractivity contribution in [2.45, 2.75) is 45.4 Å². The minimum absolute atomic E-state index is 0.0378. The molecule has 3 fully saturated rings. The molecule has 3 aliphatic carbocycles. The van der Waals surface area contributed by atoms with Crippen molar-refractivity contribution in [2.24, 2.45) is 10.8 Å². The first-order chi connectivity index (χ1) is 7.16. The van der Waals surface area contributed by atoms with Crippen molar-refractivity contribution in [2.75, 3.05) is 6.61 Å². The van der Waals surface area contributed by atoms with E-state index in [1.54, 1.807) is 0 Å². The molecule has 0 radical (unpaired) electrons. The number of rotatable bonds is 3. The lowest BCUT2D eigenvalue weighted by molar-refractivity contribution is -0.166. The molecule has 0 heterocycles. The van der Waals surface area contributed by atoms with E-state index < -0.39 is 0 Å². The summed E-state index contributed by atoms with van der Waals surface area (Å²) in [4.78, 5) is 22.9. The largest absolute Gasteiger partial charge is 0.466 e. The third-order valence-electron chi connectivity index (χ3n) is 4.26. The molecule has 0 amide bonds. The van der Waals surface area contributed by atoms with Gasteiger partial charge in [0.2, 0.25) is 0 Å². The smallest absolute Gasteiger partial charge is 0.312 e. The maximum Gasteiger partial charge on any atom is 0.312 e. The van der Waals surface area contributed by atoms with E-state index in [9.17, 15) is 9.59 Å². The van der Waals surface area contributed by atoms with Gasteiger partial charge in [-0.3, -0.25) is 4.79 Å². The molecule has 0 spiro atoms. The van der Waals surface area contributed by atoms with Gasteiger partial charge in [-0.15, -0.1) is 0 Å². The van der Waals surface area contributed by atoms with Crippen LogP contribution < -0.4 is 0 Å². The van der Waals surface area contributed by atoms with Gasteiger partial charge in [0, 0.05) is 5.41 Å². The van der Waals surface area contributed by atoms with Crippen LogP contribution in [0.4, 0.5) is 0 Å². The minimum Gasteiger partial charge on any atom is -0.466 e. The molecule has 0 aromatic heterocycles. The summed E-state index contributed by atoms with van der Waals surface area (Å²) in [7, 11) is 0. The number of aldehydes is 1. The van der Waals surface area contributed by atoms with Crippen LogP contribution in [-0.2, 0) is 14.3 Å². The van der Waals surface area contributed by atoms with Crippen LogP contribution in [0.25, 0.3) is 0 Å². The Morgan fingerprint density at radius 2 is 1.73 bits per heavy atom. The van der Waals surface area contributed by atoms with E-state index in [1.165, 1.54) is 0 Å². The van der Waals surface area contributed by atoms with Crippen molar-refractivity contribution in [3.05, 3.63) is 0 Å². The monoisotopic (exact) mass is 210 g/mol. The van der Waals surface area contributed by atoms with E-state index in [1.807, 2.05) is 6.92 Å². The predicted molar refractivity (Wildman–Crippen MR) is 55.3 cm³/mol. The molecule has 3 heteroatoms. The fraction of sp³-hybridized carbons (Fsp3) is 0.833. The van der Waals surface area contributed by atoms with E-state index in [4.69, 9.17) is 4.74 Å². The van der Waals surface area contributed by atoms with Crippen molar-refractivity contribution >= 4 is 12.3 Å². The minimum atomic E-state index is -0.249. The second kappa shape index (κ2) is 3.62. The zero-order valence-electron chi connectivity index (χ0n) is 9.25. The Hall–Kier alpha value is -0.860. The fourth-order valence-corrected chi connectivity index (χ4v) is 2.98. The van der Waals surface area contributed by atoms with Crippen molar-refractivity contribution in [1.29, 1.82) is 0 Å². The number of esters is 1. The van der Waals surface area contributed by atoms with E-state index in [-0.39, 0.29) is 16.8 Å². The molecule has 0 saturated heterocycles. The quantitative estimate of drug-likeness (QED) is 0.529. The average Bonchev–Trinajstić information content (AvgIpc) is 2.32.